The van der Waals surface area contributed by atoms with Gasteiger partial charge in [-0.2, -0.15) is 0 Å². The Kier molecular flexibility index (Phi) is 3.82. The highest BCUT2D eigenvalue weighted by molar-refractivity contribution is 7.09. The van der Waals surface area contributed by atoms with E-state index in [1.54, 1.807) is 0 Å². The fraction of sp³-hybridized carbons (Fsp3) is 0.733. The standard InChI is InChI=1S/C15H23N3OS/c1-8(16)15-18-13(7-20-15)14(19)17-9(2)12-6-10-3-4-11(12)5-10/h7-12H,3-6,16H2,1-2H3,(H,17,19). The lowest BCUT2D eigenvalue weighted by Crippen LogP contribution is -2.40. The van der Waals surface area contributed by atoms with Crippen LogP contribution in [0, 0.1) is 17.8 Å². The van der Waals surface area contributed by atoms with Gasteiger partial charge in [-0.15, -0.1) is 11.3 Å². The fourth-order valence-electron chi connectivity index (χ4n) is 3.90. The monoisotopic (exact) mass is 293 g/mol. The number of hydrogen-bond donors (Lipinski definition) is 2. The molecule has 4 nitrogen and oxygen atoms in total. The van der Waals surface area contributed by atoms with Gasteiger partial charge in [0, 0.05) is 11.4 Å². The summed E-state index contributed by atoms with van der Waals surface area (Å²) in [5.74, 6) is 2.34. The highest BCUT2D eigenvalue weighted by Crippen LogP contribution is 2.49. The average molecular weight is 293 g/mol. The molecule has 2 saturated carbocycles. The third-order valence-electron chi connectivity index (χ3n) is 4.94. The summed E-state index contributed by atoms with van der Waals surface area (Å²) < 4.78 is 0. The molecule has 0 saturated heterocycles. The third-order valence-corrected chi connectivity index (χ3v) is 5.98. The number of carbonyl (C=O) groups is 1. The van der Waals surface area contributed by atoms with Crippen LogP contribution in [0.3, 0.4) is 0 Å². The molecule has 5 unspecified atom stereocenters. The van der Waals surface area contributed by atoms with Gasteiger partial charge in [-0.05, 0) is 50.9 Å². The van der Waals surface area contributed by atoms with E-state index in [2.05, 4.69) is 17.2 Å². The van der Waals surface area contributed by atoms with Gasteiger partial charge in [-0.25, -0.2) is 4.98 Å². The molecule has 1 aromatic rings. The first kappa shape index (κ1) is 14.0. The zero-order chi connectivity index (χ0) is 14.3. The molecule has 2 fully saturated rings. The Morgan fingerprint density at radius 2 is 2.25 bits per heavy atom. The predicted molar refractivity (Wildman–Crippen MR) is 80.6 cm³/mol. The van der Waals surface area contributed by atoms with Crippen LogP contribution < -0.4 is 11.1 Å². The van der Waals surface area contributed by atoms with Crippen molar-refractivity contribution in [1.29, 1.82) is 0 Å². The zero-order valence-corrected chi connectivity index (χ0v) is 13.0. The van der Waals surface area contributed by atoms with Gasteiger partial charge >= 0.3 is 0 Å². The summed E-state index contributed by atoms with van der Waals surface area (Å²) in [4.78, 5) is 16.6. The van der Waals surface area contributed by atoms with E-state index in [0.717, 1.165) is 16.8 Å². The molecular formula is C15H23N3OS. The van der Waals surface area contributed by atoms with Crippen LogP contribution in [-0.4, -0.2) is 16.9 Å². The molecule has 5 heteroatoms. The van der Waals surface area contributed by atoms with Crippen LogP contribution >= 0.6 is 11.3 Å². The van der Waals surface area contributed by atoms with E-state index in [0.29, 0.717) is 11.6 Å². The van der Waals surface area contributed by atoms with Gasteiger partial charge in [0.05, 0.1) is 6.04 Å². The highest BCUT2D eigenvalue weighted by atomic mass is 32.1. The fourth-order valence-corrected chi connectivity index (χ4v) is 4.65. The first-order valence-corrected chi connectivity index (χ1v) is 8.44. The van der Waals surface area contributed by atoms with Crippen LogP contribution in [0.4, 0.5) is 0 Å². The van der Waals surface area contributed by atoms with E-state index < -0.39 is 0 Å². The maximum atomic E-state index is 12.2. The van der Waals surface area contributed by atoms with Gasteiger partial charge in [0.25, 0.3) is 5.91 Å². The smallest absolute Gasteiger partial charge is 0.270 e. The number of nitrogens with one attached hydrogen (secondary N) is 1. The first-order chi connectivity index (χ1) is 9.54. The lowest BCUT2D eigenvalue weighted by Gasteiger charge is -2.28. The van der Waals surface area contributed by atoms with Crippen molar-refractivity contribution in [3.8, 4) is 0 Å². The molecule has 110 valence electrons. The van der Waals surface area contributed by atoms with Crippen LogP contribution in [0.15, 0.2) is 5.38 Å². The molecule has 2 aliphatic carbocycles. The number of thiazole rings is 1. The van der Waals surface area contributed by atoms with E-state index in [4.69, 9.17) is 5.73 Å². The Hall–Kier alpha value is -0.940. The average Bonchev–Trinajstić information content (AvgIpc) is 3.14. The normalized spacial score (nSPS) is 31.2. The van der Waals surface area contributed by atoms with Crippen molar-refractivity contribution in [2.75, 3.05) is 0 Å². The Labute approximate surface area is 124 Å². The van der Waals surface area contributed by atoms with Gasteiger partial charge in [-0.3, -0.25) is 4.79 Å². The second-order valence-electron chi connectivity index (χ2n) is 6.46. The largest absolute Gasteiger partial charge is 0.348 e. The third kappa shape index (κ3) is 2.61. The minimum Gasteiger partial charge on any atom is -0.348 e. The van der Waals surface area contributed by atoms with E-state index in [9.17, 15) is 4.79 Å². The topological polar surface area (TPSA) is 68.0 Å². The quantitative estimate of drug-likeness (QED) is 0.897. The molecule has 20 heavy (non-hydrogen) atoms. The number of fused-ring (bicyclic) bond motifs is 2. The van der Waals surface area contributed by atoms with E-state index in [1.165, 1.54) is 37.0 Å². The van der Waals surface area contributed by atoms with E-state index >= 15 is 0 Å². The molecule has 1 heterocycles. The number of aromatic nitrogens is 1. The second kappa shape index (κ2) is 5.45. The summed E-state index contributed by atoms with van der Waals surface area (Å²) in [6.45, 7) is 4.03. The van der Waals surface area contributed by atoms with Crippen molar-refractivity contribution in [1.82, 2.24) is 10.3 Å². The molecule has 2 bridgehead atoms. The molecule has 0 radical (unpaired) electrons. The second-order valence-corrected chi connectivity index (χ2v) is 7.35. The molecule has 0 aliphatic heterocycles. The first-order valence-electron chi connectivity index (χ1n) is 7.56. The van der Waals surface area contributed by atoms with Crippen LogP contribution in [0.2, 0.25) is 0 Å². The Balaban J connectivity index is 1.60. The maximum absolute atomic E-state index is 12.2. The maximum Gasteiger partial charge on any atom is 0.270 e. The number of nitrogens with two attached hydrogens (primary N) is 1. The van der Waals surface area contributed by atoms with Crippen molar-refractivity contribution in [3.05, 3.63) is 16.1 Å². The molecule has 3 N–H and O–H groups in total. The summed E-state index contributed by atoms with van der Waals surface area (Å²) in [7, 11) is 0. The number of carbonyl (C=O) groups excluding carboxylic acids is 1. The lowest BCUT2D eigenvalue weighted by molar-refractivity contribution is 0.0910. The number of amides is 1. The molecule has 1 aromatic heterocycles. The summed E-state index contributed by atoms with van der Waals surface area (Å²) in [5, 5.41) is 5.77. The molecule has 1 amide bonds. The Morgan fingerprint density at radius 3 is 2.80 bits per heavy atom. The summed E-state index contributed by atoms with van der Waals surface area (Å²) in [6.07, 6.45) is 5.40. The Morgan fingerprint density at radius 1 is 1.45 bits per heavy atom. The summed E-state index contributed by atoms with van der Waals surface area (Å²) >= 11 is 1.46. The lowest BCUT2D eigenvalue weighted by atomic mass is 9.84. The molecular weight excluding hydrogens is 270 g/mol. The van der Waals surface area contributed by atoms with Gasteiger partial charge in [0.1, 0.15) is 10.7 Å². The van der Waals surface area contributed by atoms with Crippen molar-refractivity contribution in [2.45, 2.75) is 51.6 Å². The zero-order valence-electron chi connectivity index (χ0n) is 12.1. The number of rotatable bonds is 4. The van der Waals surface area contributed by atoms with Gasteiger partial charge < -0.3 is 11.1 Å². The SMILES string of the molecule is CC(N)c1nc(C(=O)NC(C)C2CC3CCC2C3)cs1. The van der Waals surface area contributed by atoms with Crippen LogP contribution in [0.5, 0.6) is 0 Å². The highest BCUT2D eigenvalue weighted by Gasteiger charge is 2.42. The van der Waals surface area contributed by atoms with Gasteiger partial charge in [0.15, 0.2) is 0 Å². The van der Waals surface area contributed by atoms with Crippen molar-refractivity contribution >= 4 is 17.2 Å². The van der Waals surface area contributed by atoms with Crippen LogP contribution in [0.1, 0.15) is 61.1 Å². The van der Waals surface area contributed by atoms with Crippen molar-refractivity contribution in [3.63, 3.8) is 0 Å². The molecule has 2 aliphatic rings. The van der Waals surface area contributed by atoms with Gasteiger partial charge in [0.2, 0.25) is 0 Å². The summed E-state index contributed by atoms with van der Waals surface area (Å²) in [5.41, 5.74) is 6.30. The van der Waals surface area contributed by atoms with Gasteiger partial charge in [-0.1, -0.05) is 6.42 Å². The minimum absolute atomic E-state index is 0.0524. The van der Waals surface area contributed by atoms with Crippen LogP contribution in [0.25, 0.3) is 0 Å². The van der Waals surface area contributed by atoms with Crippen molar-refractivity contribution in [2.24, 2.45) is 23.5 Å². The van der Waals surface area contributed by atoms with Crippen LogP contribution in [-0.2, 0) is 0 Å². The molecule has 0 aromatic carbocycles. The van der Waals surface area contributed by atoms with Crippen molar-refractivity contribution < 1.29 is 4.79 Å². The molecule has 5 atom stereocenters. The van der Waals surface area contributed by atoms with E-state index in [1.807, 2.05) is 12.3 Å². The molecule has 0 spiro atoms. The Bertz CT molecular complexity index is 499. The summed E-state index contributed by atoms with van der Waals surface area (Å²) in [6, 6.07) is 0.141. The predicted octanol–water partition coefficient (Wildman–Crippen LogP) is 2.72. The number of hydrogen-bond acceptors (Lipinski definition) is 4. The number of nitrogens with zero attached hydrogens (tertiary/aromatic N) is 1. The molecule has 3 rings (SSSR count). The van der Waals surface area contributed by atoms with E-state index in [-0.39, 0.29) is 18.0 Å². The minimum atomic E-state index is -0.107.